The van der Waals surface area contributed by atoms with Gasteiger partial charge in [-0.05, 0) is 64.2 Å². The largest absolute Gasteiger partial charge is 0.257 e. The van der Waals surface area contributed by atoms with Crippen LogP contribution >= 0.6 is 45.0 Å². The van der Waals surface area contributed by atoms with Crippen molar-refractivity contribution in [3.05, 3.63) is 103 Å². The Morgan fingerprint density at radius 3 is 1.60 bits per heavy atom. The van der Waals surface area contributed by atoms with Gasteiger partial charge in [-0.25, -0.2) is 62.6 Å². The van der Waals surface area contributed by atoms with Crippen LogP contribution in [-0.2, 0) is 49.1 Å². The smallest absolute Gasteiger partial charge is 0.233 e. The van der Waals surface area contributed by atoms with Gasteiger partial charge < -0.3 is 0 Å². The van der Waals surface area contributed by atoms with E-state index in [1.807, 2.05) is 34.3 Å². The number of alkyl halides is 1. The van der Waals surface area contributed by atoms with E-state index in [1.165, 1.54) is 40.9 Å². The van der Waals surface area contributed by atoms with E-state index in [-0.39, 0.29) is 11.6 Å². The van der Waals surface area contributed by atoms with Gasteiger partial charge in [-0.3, -0.25) is 4.98 Å². The van der Waals surface area contributed by atoms with Gasteiger partial charge >= 0.3 is 0 Å². The molecular formula is C23H31Cl2N5O10S7. The standard InChI is InChI=1S/C7H8N2O2S.2C6H7NO2S2.C2H4Cl2O2S.C2H5NO2S/c8-12(10,11)6-4-7-3-1-2-5-9-7;7-11(8,9)4-2-6-1-3-10-5-6;7-11(8,9)5-3-6-2-1-4-10-6;3-1-2-7(4,5)6;1-2-6(3,4)5/h1-6H,(H2,8,10,11);2*1-5H,(H2,7,8,9);1-2H2;2H,1H2,(H2,3,4,5)/b6-4+;4-2+;5-3+;;. The molecule has 3 heterocycles. The maximum Gasteiger partial charge on any atom is 0.233 e. The summed E-state index contributed by atoms with van der Waals surface area (Å²) in [6.45, 7) is 2.92. The summed E-state index contributed by atoms with van der Waals surface area (Å²) >= 11 is 7.98. The lowest BCUT2D eigenvalue weighted by Gasteiger charge is -1.88. The van der Waals surface area contributed by atoms with E-state index in [1.54, 1.807) is 24.4 Å². The Labute approximate surface area is 292 Å². The molecule has 0 fully saturated rings. The summed E-state index contributed by atoms with van der Waals surface area (Å²) in [6.07, 6.45) is 5.85. The molecule has 0 spiro atoms. The lowest BCUT2D eigenvalue weighted by Crippen LogP contribution is -2.06. The highest BCUT2D eigenvalue weighted by molar-refractivity contribution is 8.13. The molecule has 0 atom stereocenters. The molecule has 8 N–H and O–H groups in total. The minimum absolute atomic E-state index is 0.0613. The molecule has 0 amide bonds. The van der Waals surface area contributed by atoms with Crippen LogP contribution in [0.3, 0.4) is 0 Å². The molecule has 3 aromatic heterocycles. The third-order valence-electron chi connectivity index (χ3n) is 3.63. The molecule has 0 aliphatic carbocycles. The van der Waals surface area contributed by atoms with Crippen molar-refractivity contribution in [1.82, 2.24) is 4.98 Å². The SMILES string of the molecule is C=CS(N)(=O)=O.NS(=O)(=O)/C=C/c1ccccn1.NS(=O)(=O)/C=C/c1cccs1.NS(=O)(=O)/C=C/c1ccsc1.O=S(=O)(Cl)CCCl. The molecule has 3 aromatic rings. The summed E-state index contributed by atoms with van der Waals surface area (Å²) in [4.78, 5) is 4.75. The van der Waals surface area contributed by atoms with Gasteiger partial charge in [0.05, 0.1) is 11.4 Å². The summed E-state index contributed by atoms with van der Waals surface area (Å²) in [6, 6.07) is 10.7. The number of hydrogen-bond donors (Lipinski definition) is 4. The molecule has 47 heavy (non-hydrogen) atoms. The van der Waals surface area contributed by atoms with E-state index >= 15 is 0 Å². The van der Waals surface area contributed by atoms with Crippen LogP contribution in [-0.4, -0.2) is 58.7 Å². The number of halogens is 2. The second-order valence-electron chi connectivity index (χ2n) is 7.69. The van der Waals surface area contributed by atoms with Crippen molar-refractivity contribution < 1.29 is 42.1 Å². The number of hydrogen-bond acceptors (Lipinski definition) is 13. The molecule has 15 nitrogen and oxygen atoms in total. The van der Waals surface area contributed by atoms with E-state index < -0.39 is 49.1 Å². The Hall–Kier alpha value is -2.32. The van der Waals surface area contributed by atoms with Crippen molar-refractivity contribution in [3.63, 3.8) is 0 Å². The number of aromatic nitrogens is 1. The first-order chi connectivity index (χ1) is 21.4. The molecule has 0 aliphatic rings. The van der Waals surface area contributed by atoms with Gasteiger partial charge in [0, 0.05) is 49.3 Å². The first-order valence-corrected chi connectivity index (χ1v) is 22.9. The van der Waals surface area contributed by atoms with Crippen LogP contribution in [0.5, 0.6) is 0 Å². The van der Waals surface area contributed by atoms with Crippen LogP contribution in [0.2, 0.25) is 0 Å². The van der Waals surface area contributed by atoms with E-state index in [0.717, 1.165) is 26.7 Å². The predicted molar refractivity (Wildman–Crippen MR) is 193 cm³/mol. The van der Waals surface area contributed by atoms with Crippen LogP contribution in [0.15, 0.2) is 86.9 Å². The van der Waals surface area contributed by atoms with Crippen molar-refractivity contribution in [2.75, 3.05) is 11.6 Å². The second-order valence-corrected chi connectivity index (χ2v) is 18.6. The van der Waals surface area contributed by atoms with Crippen molar-refractivity contribution >= 4 is 112 Å². The van der Waals surface area contributed by atoms with Gasteiger partial charge in [-0.1, -0.05) is 18.7 Å². The summed E-state index contributed by atoms with van der Waals surface area (Å²) in [5.41, 5.74) is 1.41. The average Bonchev–Trinajstić information content (AvgIpc) is 3.64. The molecule has 0 saturated carbocycles. The van der Waals surface area contributed by atoms with Gasteiger partial charge in [0.2, 0.25) is 49.1 Å². The number of sulfonamides is 4. The molecule has 0 unspecified atom stereocenters. The fourth-order valence-corrected chi connectivity index (χ4v) is 5.43. The van der Waals surface area contributed by atoms with Crippen LogP contribution < -0.4 is 20.6 Å². The molecule has 0 aromatic carbocycles. The molecule has 0 saturated heterocycles. The normalized spacial score (nSPS) is 12.0. The number of rotatable bonds is 9. The number of nitrogens with two attached hydrogens (primary N) is 4. The van der Waals surface area contributed by atoms with Crippen molar-refractivity contribution in [1.29, 1.82) is 0 Å². The monoisotopic (exact) mass is 831 g/mol. The summed E-state index contributed by atoms with van der Waals surface area (Å²) < 4.78 is 102. The highest BCUT2D eigenvalue weighted by Crippen LogP contribution is 2.10. The number of primary sulfonamides is 4. The Morgan fingerprint density at radius 1 is 0.723 bits per heavy atom. The zero-order valence-electron chi connectivity index (χ0n) is 23.9. The van der Waals surface area contributed by atoms with Gasteiger partial charge in [-0.15, -0.1) is 22.9 Å². The predicted octanol–water partition coefficient (Wildman–Crippen LogP) is 2.57. The summed E-state index contributed by atoms with van der Waals surface area (Å²) in [5.74, 6) is -0.0953. The number of thiophene rings is 2. The molecular weight excluding hydrogens is 802 g/mol. The Balaban J connectivity index is 0. The minimum Gasteiger partial charge on any atom is -0.257 e. The molecule has 0 aliphatic heterocycles. The summed E-state index contributed by atoms with van der Waals surface area (Å²) in [5, 5.41) is 27.7. The molecule has 264 valence electrons. The van der Waals surface area contributed by atoms with Crippen LogP contribution in [0, 0.1) is 0 Å². The third-order valence-corrected chi connectivity index (χ3v) is 8.75. The average molecular weight is 833 g/mol. The maximum atomic E-state index is 10.5. The zero-order chi connectivity index (χ0) is 36.8. The van der Waals surface area contributed by atoms with E-state index in [0.29, 0.717) is 11.1 Å². The first-order valence-electron chi connectivity index (χ1n) is 11.6. The highest BCUT2D eigenvalue weighted by Gasteiger charge is 2.00. The van der Waals surface area contributed by atoms with E-state index in [4.69, 9.17) is 37.7 Å². The fourth-order valence-electron chi connectivity index (χ4n) is 1.82. The maximum absolute atomic E-state index is 10.5. The number of pyridine rings is 1. The van der Waals surface area contributed by atoms with Crippen LogP contribution in [0.4, 0.5) is 0 Å². The first kappa shape index (κ1) is 46.8. The third kappa shape index (κ3) is 38.0. The van der Waals surface area contributed by atoms with Gasteiger partial charge in [0.25, 0.3) is 0 Å². The molecule has 3 rings (SSSR count). The second kappa shape index (κ2) is 23.1. The minimum atomic E-state index is -3.54. The summed E-state index contributed by atoms with van der Waals surface area (Å²) in [7, 11) is -12.5. The lowest BCUT2D eigenvalue weighted by molar-refractivity contribution is 0.604. The topological polar surface area (TPSA) is 288 Å². The van der Waals surface area contributed by atoms with Crippen molar-refractivity contribution in [3.8, 4) is 0 Å². The molecule has 0 radical (unpaired) electrons. The van der Waals surface area contributed by atoms with Crippen molar-refractivity contribution in [2.24, 2.45) is 20.6 Å². The number of nitrogens with zero attached hydrogens (tertiary/aromatic N) is 1. The lowest BCUT2D eigenvalue weighted by atomic mass is 10.3. The van der Waals surface area contributed by atoms with E-state index in [9.17, 15) is 42.1 Å². The van der Waals surface area contributed by atoms with Gasteiger partial charge in [0.1, 0.15) is 0 Å². The van der Waals surface area contributed by atoms with Crippen LogP contribution in [0.1, 0.15) is 16.1 Å². The molecule has 24 heteroatoms. The van der Waals surface area contributed by atoms with Gasteiger partial charge in [0.15, 0.2) is 0 Å². The van der Waals surface area contributed by atoms with Crippen LogP contribution in [0.25, 0.3) is 18.2 Å². The quantitative estimate of drug-likeness (QED) is 0.180. The zero-order valence-corrected chi connectivity index (χ0v) is 31.1. The Morgan fingerprint density at radius 2 is 1.26 bits per heavy atom. The Kier molecular flexibility index (Phi) is 23.0. The fraction of sp³-hybridized carbons (Fsp3) is 0.0870. The Bertz CT molecular complexity index is 1880. The van der Waals surface area contributed by atoms with E-state index in [2.05, 4.69) is 16.7 Å². The van der Waals surface area contributed by atoms with Gasteiger partial charge in [-0.2, -0.15) is 11.3 Å². The molecule has 0 bridgehead atoms. The van der Waals surface area contributed by atoms with Crippen molar-refractivity contribution in [2.45, 2.75) is 0 Å². The highest BCUT2D eigenvalue weighted by atomic mass is 35.7.